The first-order valence-electron chi connectivity index (χ1n) is 9.50. The van der Waals surface area contributed by atoms with Crippen molar-refractivity contribution in [2.45, 2.75) is 6.18 Å². The molecule has 0 saturated carbocycles. The maximum absolute atomic E-state index is 13.9. The molecule has 1 saturated heterocycles. The molecule has 1 fully saturated rings. The molecule has 0 N–H and O–H groups in total. The molecular weight excluding hydrogens is 469 g/mol. The summed E-state index contributed by atoms with van der Waals surface area (Å²) in [6.45, 7) is 0.953. The predicted octanol–water partition coefficient (Wildman–Crippen LogP) is 4.27. The zero-order valence-electron chi connectivity index (χ0n) is 17.1. The van der Waals surface area contributed by atoms with Crippen molar-refractivity contribution in [2.24, 2.45) is 0 Å². The van der Waals surface area contributed by atoms with E-state index in [0.29, 0.717) is 34.7 Å². The van der Waals surface area contributed by atoms with Crippen molar-refractivity contribution in [3.8, 4) is 22.8 Å². The molecule has 170 valence electrons. The van der Waals surface area contributed by atoms with Crippen LogP contribution in [0.1, 0.15) is 16.2 Å². The lowest BCUT2D eigenvalue weighted by molar-refractivity contribution is -0.142. The average Bonchev–Trinajstić information content (AvgIpc) is 3.13. The smallest absolute Gasteiger partial charge is 0.433 e. The van der Waals surface area contributed by atoms with Gasteiger partial charge in [0.25, 0.3) is 5.91 Å². The van der Waals surface area contributed by atoms with Crippen molar-refractivity contribution in [2.75, 3.05) is 38.8 Å². The van der Waals surface area contributed by atoms with E-state index in [2.05, 4.69) is 10.1 Å². The van der Waals surface area contributed by atoms with Gasteiger partial charge in [0.2, 0.25) is 0 Å². The van der Waals surface area contributed by atoms with E-state index in [1.165, 1.54) is 25.2 Å². The summed E-state index contributed by atoms with van der Waals surface area (Å²) in [6, 6.07) is 5.50. The minimum Gasteiger partial charge on any atom is -0.493 e. The molecule has 3 aromatic rings. The Morgan fingerprint density at radius 3 is 2.44 bits per heavy atom. The molecule has 12 heteroatoms. The molecule has 3 heterocycles. The summed E-state index contributed by atoms with van der Waals surface area (Å²) in [6.07, 6.45) is -4.76. The summed E-state index contributed by atoms with van der Waals surface area (Å²) < 4.78 is 52.7. The van der Waals surface area contributed by atoms with E-state index in [-0.39, 0.29) is 22.1 Å². The summed E-state index contributed by atoms with van der Waals surface area (Å²) in [5.74, 6) is 1.72. The number of amides is 1. The minimum absolute atomic E-state index is 0.000879. The highest BCUT2D eigenvalue weighted by molar-refractivity contribution is 7.99. The van der Waals surface area contributed by atoms with Gasteiger partial charge in [-0.15, -0.1) is 0 Å². The molecule has 7 nitrogen and oxygen atoms in total. The molecule has 1 aromatic carbocycles. The summed E-state index contributed by atoms with van der Waals surface area (Å²) in [5.41, 5.74) is -1.24. The lowest BCUT2D eigenvalue weighted by atomic mass is 10.1. The first-order valence-corrected chi connectivity index (χ1v) is 11.0. The molecule has 0 bridgehead atoms. The van der Waals surface area contributed by atoms with Crippen molar-refractivity contribution in [3.63, 3.8) is 0 Å². The zero-order chi connectivity index (χ0) is 23.0. The molecule has 32 heavy (non-hydrogen) atoms. The number of hydrogen-bond acceptors (Lipinski definition) is 6. The Hall–Kier alpha value is -2.66. The number of carbonyl (C=O) groups is 1. The SMILES string of the molecule is COc1ccc(-c2cc(C(F)(F)F)n3nc(C(=O)N4CCSCC4)c(Cl)c3n2)cc1OC. The fourth-order valence-corrected chi connectivity index (χ4v) is 4.53. The van der Waals surface area contributed by atoms with E-state index in [1.807, 2.05) is 0 Å². The first-order chi connectivity index (χ1) is 15.2. The second-order valence-electron chi connectivity index (χ2n) is 6.90. The van der Waals surface area contributed by atoms with E-state index in [9.17, 15) is 18.0 Å². The number of methoxy groups -OCH3 is 2. The van der Waals surface area contributed by atoms with Gasteiger partial charge in [-0.05, 0) is 24.3 Å². The predicted molar refractivity (Wildman–Crippen MR) is 115 cm³/mol. The number of thioether (sulfide) groups is 1. The van der Waals surface area contributed by atoms with Crippen LogP contribution >= 0.6 is 23.4 Å². The molecule has 1 amide bonds. The van der Waals surface area contributed by atoms with Gasteiger partial charge in [0.1, 0.15) is 5.02 Å². The number of nitrogens with zero attached hydrogens (tertiary/aromatic N) is 4. The van der Waals surface area contributed by atoms with E-state index in [0.717, 1.165) is 17.6 Å². The highest BCUT2D eigenvalue weighted by atomic mass is 35.5. The molecule has 1 aliphatic rings. The highest BCUT2D eigenvalue weighted by Crippen LogP contribution is 2.37. The van der Waals surface area contributed by atoms with Gasteiger partial charge in [-0.2, -0.15) is 30.0 Å². The normalized spacial score (nSPS) is 14.6. The lowest BCUT2D eigenvalue weighted by Gasteiger charge is -2.25. The van der Waals surface area contributed by atoms with Crippen molar-refractivity contribution in [3.05, 3.63) is 40.7 Å². The molecule has 0 unspecified atom stereocenters. The van der Waals surface area contributed by atoms with Gasteiger partial charge in [-0.3, -0.25) is 4.79 Å². The van der Waals surface area contributed by atoms with Gasteiger partial charge in [0.05, 0.1) is 19.9 Å². The number of rotatable bonds is 4. The van der Waals surface area contributed by atoms with E-state index < -0.39 is 17.8 Å². The van der Waals surface area contributed by atoms with Crippen LogP contribution in [-0.2, 0) is 6.18 Å². The molecule has 4 rings (SSSR count). The fraction of sp³-hybridized carbons (Fsp3) is 0.350. The second kappa shape index (κ2) is 8.70. The summed E-state index contributed by atoms with van der Waals surface area (Å²) in [5, 5.41) is 3.69. The van der Waals surface area contributed by atoms with Gasteiger partial charge < -0.3 is 14.4 Å². The summed E-state index contributed by atoms with van der Waals surface area (Å²) in [7, 11) is 2.87. The quantitative estimate of drug-likeness (QED) is 0.548. The van der Waals surface area contributed by atoms with Crippen LogP contribution in [-0.4, -0.2) is 64.2 Å². The topological polar surface area (TPSA) is 69.0 Å². The van der Waals surface area contributed by atoms with Crippen molar-refractivity contribution >= 4 is 34.9 Å². The van der Waals surface area contributed by atoms with Gasteiger partial charge in [-0.1, -0.05) is 11.6 Å². The van der Waals surface area contributed by atoms with Gasteiger partial charge in [0.15, 0.2) is 28.5 Å². The van der Waals surface area contributed by atoms with Crippen LogP contribution in [0.15, 0.2) is 24.3 Å². The number of hydrogen-bond donors (Lipinski definition) is 0. The van der Waals surface area contributed by atoms with Crippen molar-refractivity contribution in [1.29, 1.82) is 0 Å². The Bertz CT molecular complexity index is 1180. The number of ether oxygens (including phenoxy) is 2. The van der Waals surface area contributed by atoms with Crippen LogP contribution in [0.4, 0.5) is 13.2 Å². The molecule has 0 aliphatic carbocycles. The van der Waals surface area contributed by atoms with Crippen molar-refractivity contribution < 1.29 is 27.4 Å². The maximum atomic E-state index is 13.9. The largest absolute Gasteiger partial charge is 0.493 e. The van der Waals surface area contributed by atoms with Crippen LogP contribution in [0.2, 0.25) is 5.02 Å². The van der Waals surface area contributed by atoms with E-state index in [4.69, 9.17) is 21.1 Å². The van der Waals surface area contributed by atoms with Crippen LogP contribution in [0.5, 0.6) is 11.5 Å². The van der Waals surface area contributed by atoms with Crippen LogP contribution in [0, 0.1) is 0 Å². The molecule has 1 aliphatic heterocycles. The molecule has 0 radical (unpaired) electrons. The van der Waals surface area contributed by atoms with Crippen LogP contribution in [0.3, 0.4) is 0 Å². The first kappa shape index (κ1) is 22.5. The Kier molecular flexibility index (Phi) is 6.13. The number of alkyl halides is 3. The number of halogens is 4. The molecule has 0 atom stereocenters. The Balaban J connectivity index is 1.88. The van der Waals surface area contributed by atoms with Crippen LogP contribution in [0.25, 0.3) is 16.9 Å². The van der Waals surface area contributed by atoms with Gasteiger partial charge in [-0.25, -0.2) is 9.50 Å². The Morgan fingerprint density at radius 1 is 1.12 bits per heavy atom. The summed E-state index contributed by atoms with van der Waals surface area (Å²) >= 11 is 8.05. The number of aromatic nitrogens is 3. The third-order valence-corrected chi connectivity index (χ3v) is 6.29. The van der Waals surface area contributed by atoms with Gasteiger partial charge in [0, 0.05) is 30.2 Å². The average molecular weight is 487 g/mol. The van der Waals surface area contributed by atoms with E-state index in [1.54, 1.807) is 23.9 Å². The Morgan fingerprint density at radius 2 is 1.81 bits per heavy atom. The van der Waals surface area contributed by atoms with Crippen LogP contribution < -0.4 is 9.47 Å². The number of carbonyl (C=O) groups excluding carboxylic acids is 1. The standard InChI is InChI=1S/C20H18ClF3N4O3S/c1-30-13-4-3-11(9-14(13)31-2)12-10-15(20(22,23)24)28-18(25-12)16(21)17(26-28)19(29)27-5-7-32-8-6-27/h3-4,9-10H,5-8H2,1-2H3. The van der Waals surface area contributed by atoms with Crippen molar-refractivity contribution in [1.82, 2.24) is 19.5 Å². The van der Waals surface area contributed by atoms with Gasteiger partial charge >= 0.3 is 6.18 Å². The maximum Gasteiger partial charge on any atom is 0.433 e. The molecule has 0 spiro atoms. The highest BCUT2D eigenvalue weighted by Gasteiger charge is 2.37. The monoisotopic (exact) mass is 486 g/mol. The lowest BCUT2D eigenvalue weighted by Crippen LogP contribution is -2.38. The summed E-state index contributed by atoms with van der Waals surface area (Å²) in [4.78, 5) is 18.7. The molecular formula is C20H18ClF3N4O3S. The van der Waals surface area contributed by atoms with E-state index >= 15 is 0 Å². The zero-order valence-corrected chi connectivity index (χ0v) is 18.6. The second-order valence-corrected chi connectivity index (χ2v) is 8.50. The fourth-order valence-electron chi connectivity index (χ4n) is 3.39. The molecule has 2 aromatic heterocycles. The minimum atomic E-state index is -4.76. The Labute approximate surface area is 190 Å². The number of fused-ring (bicyclic) bond motifs is 1. The number of benzene rings is 1. The third kappa shape index (κ3) is 4.06. The third-order valence-electron chi connectivity index (χ3n) is 5.00.